The Morgan fingerprint density at radius 2 is 1.62 bits per heavy atom. The number of hydrogen-bond donors (Lipinski definition) is 2. The first-order chi connectivity index (χ1) is 11.3. The van der Waals surface area contributed by atoms with Gasteiger partial charge in [0.2, 0.25) is 11.7 Å². The monoisotopic (exact) mass is 394 g/mol. The highest BCUT2D eigenvalue weighted by atomic mass is 79.9. The number of furan rings is 1. The van der Waals surface area contributed by atoms with Gasteiger partial charge in [0.05, 0.1) is 0 Å². The Hall–Kier alpha value is -2.61. The Bertz CT molecular complexity index is 754. The largest absolute Gasteiger partial charge is 0.447 e. The minimum Gasteiger partial charge on any atom is -0.447 e. The normalized spacial score (nSPS) is 11.5. The highest BCUT2D eigenvalue weighted by Gasteiger charge is 2.21. The van der Waals surface area contributed by atoms with Crippen LogP contribution in [0, 0.1) is 0 Å². The molecule has 8 heteroatoms. The summed E-state index contributed by atoms with van der Waals surface area (Å²) in [5.74, 6) is -1.40. The molecule has 1 aromatic heterocycles. The van der Waals surface area contributed by atoms with E-state index in [9.17, 15) is 14.4 Å². The van der Waals surface area contributed by atoms with Gasteiger partial charge in [0.15, 0.2) is 10.8 Å². The summed E-state index contributed by atoms with van der Waals surface area (Å²) in [6.45, 7) is 2.86. The van der Waals surface area contributed by atoms with Gasteiger partial charge >= 0.3 is 5.97 Å². The summed E-state index contributed by atoms with van der Waals surface area (Å²) in [6, 6.07) is 9.54. The number of anilines is 2. The first-order valence-electron chi connectivity index (χ1n) is 7.00. The lowest BCUT2D eigenvalue weighted by Crippen LogP contribution is -2.29. The summed E-state index contributed by atoms with van der Waals surface area (Å²) in [4.78, 5) is 34.8. The number of carbonyl (C=O) groups is 3. The van der Waals surface area contributed by atoms with E-state index in [1.54, 1.807) is 30.3 Å². The molecule has 0 bridgehead atoms. The fourth-order valence-corrected chi connectivity index (χ4v) is 2.09. The van der Waals surface area contributed by atoms with E-state index in [2.05, 4.69) is 26.6 Å². The van der Waals surface area contributed by atoms with Crippen LogP contribution in [0.3, 0.4) is 0 Å². The second-order valence-corrected chi connectivity index (χ2v) is 5.68. The molecule has 0 aliphatic carbocycles. The van der Waals surface area contributed by atoms with Crippen LogP contribution in [0.1, 0.15) is 24.4 Å². The molecule has 1 atom stereocenters. The zero-order valence-corrected chi connectivity index (χ0v) is 14.5. The van der Waals surface area contributed by atoms with E-state index in [0.29, 0.717) is 16.0 Å². The Morgan fingerprint density at radius 3 is 2.12 bits per heavy atom. The standard InChI is InChI=1S/C16H15BrN2O5/c1-9(23-16(22)13-7-8-14(17)24-13)15(21)19-12-5-3-11(4-6-12)18-10(2)20/h3-9H,1-2H3,(H,18,20)(H,19,21)/t9-/m1/s1. The average molecular weight is 395 g/mol. The summed E-state index contributed by atoms with van der Waals surface area (Å²) < 4.78 is 10.5. The maximum absolute atomic E-state index is 12.0. The Labute approximate surface area is 146 Å². The van der Waals surface area contributed by atoms with Gasteiger partial charge in [0, 0.05) is 18.3 Å². The van der Waals surface area contributed by atoms with Gasteiger partial charge in [-0.05, 0) is 59.3 Å². The van der Waals surface area contributed by atoms with E-state index in [4.69, 9.17) is 9.15 Å². The summed E-state index contributed by atoms with van der Waals surface area (Å²) in [5, 5.41) is 5.23. The summed E-state index contributed by atoms with van der Waals surface area (Å²) in [6.07, 6.45) is -1.00. The topological polar surface area (TPSA) is 97.6 Å². The first-order valence-corrected chi connectivity index (χ1v) is 7.79. The van der Waals surface area contributed by atoms with Gasteiger partial charge in [0.25, 0.3) is 5.91 Å². The summed E-state index contributed by atoms with van der Waals surface area (Å²) in [7, 11) is 0. The zero-order chi connectivity index (χ0) is 17.7. The molecule has 2 amide bonds. The van der Waals surface area contributed by atoms with E-state index in [1.165, 1.54) is 19.9 Å². The molecule has 0 spiro atoms. The van der Waals surface area contributed by atoms with Gasteiger partial charge in [0.1, 0.15) is 0 Å². The third-order valence-electron chi connectivity index (χ3n) is 2.90. The van der Waals surface area contributed by atoms with Crippen molar-refractivity contribution in [3.8, 4) is 0 Å². The number of amides is 2. The molecule has 0 aliphatic rings. The van der Waals surface area contributed by atoms with Crippen molar-refractivity contribution in [2.24, 2.45) is 0 Å². The van der Waals surface area contributed by atoms with Crippen molar-refractivity contribution in [1.29, 1.82) is 0 Å². The summed E-state index contributed by atoms with van der Waals surface area (Å²) >= 11 is 3.08. The van der Waals surface area contributed by atoms with Gasteiger partial charge in [-0.1, -0.05) is 0 Å². The van der Waals surface area contributed by atoms with Gasteiger partial charge < -0.3 is 19.8 Å². The van der Waals surface area contributed by atoms with Crippen molar-refractivity contribution < 1.29 is 23.5 Å². The molecule has 0 saturated carbocycles. The molecule has 24 heavy (non-hydrogen) atoms. The van der Waals surface area contributed by atoms with E-state index in [-0.39, 0.29) is 11.7 Å². The van der Waals surface area contributed by atoms with E-state index >= 15 is 0 Å². The highest BCUT2D eigenvalue weighted by Crippen LogP contribution is 2.16. The molecule has 7 nitrogen and oxygen atoms in total. The summed E-state index contributed by atoms with van der Waals surface area (Å²) in [5.41, 5.74) is 1.13. The van der Waals surface area contributed by atoms with Crippen molar-refractivity contribution in [2.45, 2.75) is 20.0 Å². The van der Waals surface area contributed by atoms with Crippen LogP contribution in [0.15, 0.2) is 45.5 Å². The smallest absolute Gasteiger partial charge is 0.375 e. The number of hydrogen-bond acceptors (Lipinski definition) is 5. The SMILES string of the molecule is CC(=O)Nc1ccc(NC(=O)[C@@H](C)OC(=O)c2ccc(Br)o2)cc1. The molecule has 2 rings (SSSR count). The van der Waals surface area contributed by atoms with E-state index in [0.717, 1.165) is 0 Å². The molecule has 0 saturated heterocycles. The lowest BCUT2D eigenvalue weighted by Gasteiger charge is -2.13. The Morgan fingerprint density at radius 1 is 1.04 bits per heavy atom. The lowest BCUT2D eigenvalue weighted by molar-refractivity contribution is -0.123. The molecule has 2 aromatic rings. The maximum atomic E-state index is 12.0. The third-order valence-corrected chi connectivity index (χ3v) is 3.33. The predicted octanol–water partition coefficient (Wildman–Crippen LogP) is 3.18. The number of halogens is 1. The van der Waals surface area contributed by atoms with Crippen LogP contribution in [0.2, 0.25) is 0 Å². The van der Waals surface area contributed by atoms with Crippen LogP contribution < -0.4 is 10.6 Å². The van der Waals surface area contributed by atoms with Gasteiger partial charge in [-0.3, -0.25) is 9.59 Å². The number of esters is 1. The van der Waals surface area contributed by atoms with Crippen molar-refractivity contribution in [2.75, 3.05) is 10.6 Å². The number of nitrogens with one attached hydrogen (secondary N) is 2. The van der Waals surface area contributed by atoms with Crippen LogP contribution in [0.25, 0.3) is 0 Å². The van der Waals surface area contributed by atoms with Crippen molar-refractivity contribution in [1.82, 2.24) is 0 Å². The second-order valence-electron chi connectivity index (χ2n) is 4.90. The lowest BCUT2D eigenvalue weighted by atomic mass is 10.2. The maximum Gasteiger partial charge on any atom is 0.375 e. The van der Waals surface area contributed by atoms with Crippen molar-refractivity contribution in [3.05, 3.63) is 46.8 Å². The molecular weight excluding hydrogens is 380 g/mol. The fraction of sp³-hybridized carbons (Fsp3) is 0.188. The van der Waals surface area contributed by atoms with Gasteiger partial charge in [-0.2, -0.15) is 0 Å². The van der Waals surface area contributed by atoms with Crippen LogP contribution in [0.4, 0.5) is 11.4 Å². The van der Waals surface area contributed by atoms with Crippen LogP contribution in [-0.2, 0) is 14.3 Å². The van der Waals surface area contributed by atoms with E-state index < -0.39 is 18.0 Å². The van der Waals surface area contributed by atoms with Crippen molar-refractivity contribution >= 4 is 45.1 Å². The fourth-order valence-electron chi connectivity index (χ4n) is 1.78. The molecule has 0 unspecified atom stereocenters. The van der Waals surface area contributed by atoms with Crippen LogP contribution >= 0.6 is 15.9 Å². The van der Waals surface area contributed by atoms with Crippen LogP contribution in [0.5, 0.6) is 0 Å². The quantitative estimate of drug-likeness (QED) is 0.758. The molecule has 2 N–H and O–H groups in total. The number of rotatable bonds is 5. The van der Waals surface area contributed by atoms with Crippen LogP contribution in [-0.4, -0.2) is 23.9 Å². The molecule has 0 radical (unpaired) electrons. The molecule has 126 valence electrons. The number of carbonyl (C=O) groups excluding carboxylic acids is 3. The molecule has 0 aliphatic heterocycles. The minimum absolute atomic E-state index is 0.00110. The number of ether oxygens (including phenoxy) is 1. The third kappa shape index (κ3) is 4.95. The zero-order valence-electron chi connectivity index (χ0n) is 13.0. The molecule has 1 heterocycles. The Kier molecular flexibility index (Phi) is 5.75. The number of benzene rings is 1. The minimum atomic E-state index is -1.00. The van der Waals surface area contributed by atoms with Gasteiger partial charge in [-0.25, -0.2) is 4.79 Å². The predicted molar refractivity (Wildman–Crippen MR) is 90.7 cm³/mol. The molecule has 0 fully saturated rings. The van der Waals surface area contributed by atoms with Crippen molar-refractivity contribution in [3.63, 3.8) is 0 Å². The molecule has 1 aromatic carbocycles. The molecular formula is C16H15BrN2O5. The second kappa shape index (κ2) is 7.78. The average Bonchev–Trinajstić information content (AvgIpc) is 2.95. The highest BCUT2D eigenvalue weighted by molar-refractivity contribution is 9.10. The van der Waals surface area contributed by atoms with E-state index in [1.807, 2.05) is 0 Å². The first kappa shape index (κ1) is 17.7. The van der Waals surface area contributed by atoms with Gasteiger partial charge in [-0.15, -0.1) is 0 Å². The Balaban J connectivity index is 1.91.